The van der Waals surface area contributed by atoms with Crippen LogP contribution in [0, 0.1) is 17.0 Å². The highest BCUT2D eigenvalue weighted by Gasteiger charge is 2.15. The SMILES string of the molecule is Cc1nc([N+](=O)[O-])cn1CCC(=O)NCc1ccc(Br)cc1Cl. The van der Waals surface area contributed by atoms with Gasteiger partial charge in [0.15, 0.2) is 0 Å². The third kappa shape index (κ3) is 4.77. The quantitative estimate of drug-likeness (QED) is 0.594. The zero-order valence-electron chi connectivity index (χ0n) is 12.3. The van der Waals surface area contributed by atoms with Crippen molar-refractivity contribution in [2.75, 3.05) is 0 Å². The summed E-state index contributed by atoms with van der Waals surface area (Å²) in [6, 6.07) is 5.44. The monoisotopic (exact) mass is 400 g/mol. The molecule has 1 heterocycles. The van der Waals surface area contributed by atoms with E-state index in [1.165, 1.54) is 6.20 Å². The van der Waals surface area contributed by atoms with E-state index in [-0.39, 0.29) is 18.1 Å². The summed E-state index contributed by atoms with van der Waals surface area (Å²) in [5, 5.41) is 14.0. The molecule has 0 fully saturated rings. The summed E-state index contributed by atoms with van der Waals surface area (Å²) in [4.78, 5) is 25.8. The minimum atomic E-state index is -0.556. The summed E-state index contributed by atoms with van der Waals surface area (Å²) in [6.07, 6.45) is 1.52. The maximum atomic E-state index is 11.9. The Hall–Kier alpha value is -1.93. The number of aryl methyl sites for hydroxylation is 2. The van der Waals surface area contributed by atoms with Crippen molar-refractivity contribution >= 4 is 39.3 Å². The molecule has 2 rings (SSSR count). The Morgan fingerprint density at radius 3 is 2.87 bits per heavy atom. The van der Waals surface area contributed by atoms with Crippen molar-refractivity contribution in [2.45, 2.75) is 26.4 Å². The number of imidazole rings is 1. The Labute approximate surface area is 145 Å². The Bertz CT molecular complexity index is 748. The van der Waals surface area contributed by atoms with E-state index in [0.717, 1.165) is 10.0 Å². The standard InChI is InChI=1S/C14H14BrClN4O3/c1-9-18-13(20(22)23)8-19(9)5-4-14(21)17-7-10-2-3-11(15)6-12(10)16/h2-3,6,8H,4-5,7H2,1H3,(H,17,21). The van der Waals surface area contributed by atoms with Crippen LogP contribution in [0.15, 0.2) is 28.9 Å². The average Bonchev–Trinajstić information content (AvgIpc) is 2.85. The molecule has 0 aliphatic heterocycles. The van der Waals surface area contributed by atoms with E-state index >= 15 is 0 Å². The van der Waals surface area contributed by atoms with Crippen molar-refractivity contribution < 1.29 is 9.72 Å². The number of carbonyl (C=O) groups excluding carboxylic acids is 1. The number of halogens is 2. The van der Waals surface area contributed by atoms with Gasteiger partial charge in [-0.3, -0.25) is 4.79 Å². The first-order valence-corrected chi connectivity index (χ1v) is 7.92. The van der Waals surface area contributed by atoms with Gasteiger partial charge in [-0.25, -0.2) is 0 Å². The lowest BCUT2D eigenvalue weighted by atomic mass is 10.2. The smallest absolute Gasteiger partial charge is 0.358 e. The van der Waals surface area contributed by atoms with E-state index in [4.69, 9.17) is 11.6 Å². The molecule has 0 aliphatic carbocycles. The molecule has 7 nitrogen and oxygen atoms in total. The predicted molar refractivity (Wildman–Crippen MR) is 89.2 cm³/mol. The molecule has 0 bridgehead atoms. The van der Waals surface area contributed by atoms with Gasteiger partial charge in [0.05, 0.1) is 0 Å². The third-order valence-corrected chi connectivity index (χ3v) is 4.07. The first-order chi connectivity index (χ1) is 10.9. The number of amides is 1. The lowest BCUT2D eigenvalue weighted by molar-refractivity contribution is -0.389. The maximum Gasteiger partial charge on any atom is 0.381 e. The normalized spacial score (nSPS) is 10.6. The van der Waals surface area contributed by atoms with Crippen molar-refractivity contribution in [2.24, 2.45) is 0 Å². The molecule has 1 N–H and O–H groups in total. The number of hydrogen-bond acceptors (Lipinski definition) is 4. The molecule has 0 atom stereocenters. The van der Waals surface area contributed by atoms with Crippen LogP contribution >= 0.6 is 27.5 Å². The van der Waals surface area contributed by atoms with Gasteiger partial charge in [-0.15, -0.1) is 0 Å². The summed E-state index contributed by atoms with van der Waals surface area (Å²) in [5.74, 6) is 0.116. The van der Waals surface area contributed by atoms with E-state index in [9.17, 15) is 14.9 Å². The van der Waals surface area contributed by atoms with Crippen LogP contribution < -0.4 is 5.32 Å². The Morgan fingerprint density at radius 1 is 1.52 bits per heavy atom. The number of nitro groups is 1. The van der Waals surface area contributed by atoms with Gasteiger partial charge >= 0.3 is 5.82 Å². The molecule has 1 aromatic heterocycles. The molecule has 9 heteroatoms. The predicted octanol–water partition coefficient (Wildman–Crippen LogP) is 3.22. The van der Waals surface area contributed by atoms with E-state index in [0.29, 0.717) is 23.9 Å². The fourth-order valence-electron chi connectivity index (χ4n) is 1.98. The molecule has 0 aliphatic rings. The zero-order valence-corrected chi connectivity index (χ0v) is 14.6. The molecular formula is C14H14BrClN4O3. The van der Waals surface area contributed by atoms with Gasteiger partial charge < -0.3 is 20.0 Å². The van der Waals surface area contributed by atoms with Gasteiger partial charge in [0.2, 0.25) is 11.7 Å². The molecule has 0 radical (unpaired) electrons. The van der Waals surface area contributed by atoms with Crippen LogP contribution in [-0.2, 0) is 17.9 Å². The van der Waals surface area contributed by atoms with Gasteiger partial charge in [0.1, 0.15) is 6.20 Å². The summed E-state index contributed by atoms with van der Waals surface area (Å²) < 4.78 is 2.46. The summed E-state index contributed by atoms with van der Waals surface area (Å²) in [5.41, 5.74) is 0.817. The van der Waals surface area contributed by atoms with Crippen molar-refractivity contribution in [1.29, 1.82) is 0 Å². The van der Waals surface area contributed by atoms with Crippen molar-refractivity contribution in [1.82, 2.24) is 14.9 Å². The van der Waals surface area contributed by atoms with Gasteiger partial charge in [-0.2, -0.15) is 0 Å². The minimum absolute atomic E-state index is 0.167. The summed E-state index contributed by atoms with van der Waals surface area (Å²) in [6.45, 7) is 2.31. The van der Waals surface area contributed by atoms with Gasteiger partial charge in [-0.05, 0) is 27.6 Å². The van der Waals surface area contributed by atoms with Crippen LogP contribution in [0.4, 0.5) is 5.82 Å². The average molecular weight is 402 g/mol. The molecule has 0 saturated heterocycles. The van der Waals surface area contributed by atoms with Crippen LogP contribution in [0.3, 0.4) is 0 Å². The van der Waals surface area contributed by atoms with Crippen LogP contribution in [-0.4, -0.2) is 20.4 Å². The minimum Gasteiger partial charge on any atom is -0.358 e. The van der Waals surface area contributed by atoms with Crippen LogP contribution in [0.25, 0.3) is 0 Å². The van der Waals surface area contributed by atoms with E-state index in [1.807, 2.05) is 12.1 Å². The number of aromatic nitrogens is 2. The largest absolute Gasteiger partial charge is 0.381 e. The first-order valence-electron chi connectivity index (χ1n) is 6.75. The Balaban J connectivity index is 1.87. The van der Waals surface area contributed by atoms with Gasteiger partial charge in [-0.1, -0.05) is 33.6 Å². The van der Waals surface area contributed by atoms with E-state index < -0.39 is 4.92 Å². The van der Waals surface area contributed by atoms with Gasteiger partial charge in [0.25, 0.3) is 0 Å². The second-order valence-corrected chi connectivity index (χ2v) is 6.18. The van der Waals surface area contributed by atoms with Crippen LogP contribution in [0.5, 0.6) is 0 Å². The molecule has 1 aromatic carbocycles. The Morgan fingerprint density at radius 2 is 2.26 bits per heavy atom. The fraction of sp³-hybridized carbons (Fsp3) is 0.286. The Kier molecular flexibility index (Phi) is 5.73. The van der Waals surface area contributed by atoms with Crippen molar-refractivity contribution in [3.8, 4) is 0 Å². The number of benzene rings is 1. The van der Waals surface area contributed by atoms with Crippen molar-refractivity contribution in [3.05, 3.63) is 55.4 Å². The number of hydrogen-bond donors (Lipinski definition) is 1. The highest BCUT2D eigenvalue weighted by atomic mass is 79.9. The highest BCUT2D eigenvalue weighted by molar-refractivity contribution is 9.10. The summed E-state index contributed by atoms with van der Waals surface area (Å²) >= 11 is 9.40. The number of nitrogens with one attached hydrogen (secondary N) is 1. The summed E-state index contributed by atoms with van der Waals surface area (Å²) in [7, 11) is 0. The lowest BCUT2D eigenvalue weighted by Crippen LogP contribution is -2.24. The maximum absolute atomic E-state index is 11.9. The number of carbonyl (C=O) groups is 1. The molecule has 0 saturated carbocycles. The second kappa shape index (κ2) is 7.56. The third-order valence-electron chi connectivity index (χ3n) is 3.22. The number of rotatable bonds is 6. The lowest BCUT2D eigenvalue weighted by Gasteiger charge is -2.08. The molecule has 23 heavy (non-hydrogen) atoms. The number of nitrogens with zero attached hydrogens (tertiary/aromatic N) is 3. The zero-order chi connectivity index (χ0) is 17.0. The van der Waals surface area contributed by atoms with E-state index in [1.54, 1.807) is 17.6 Å². The first kappa shape index (κ1) is 17.4. The molecule has 0 spiro atoms. The van der Waals surface area contributed by atoms with Gasteiger partial charge in [0, 0.05) is 35.9 Å². The molecule has 122 valence electrons. The molecular weight excluding hydrogens is 388 g/mol. The highest BCUT2D eigenvalue weighted by Crippen LogP contribution is 2.21. The van der Waals surface area contributed by atoms with Crippen LogP contribution in [0.1, 0.15) is 17.8 Å². The van der Waals surface area contributed by atoms with E-state index in [2.05, 4.69) is 26.2 Å². The molecule has 2 aromatic rings. The van der Waals surface area contributed by atoms with Crippen molar-refractivity contribution in [3.63, 3.8) is 0 Å². The van der Waals surface area contributed by atoms with Crippen LogP contribution in [0.2, 0.25) is 5.02 Å². The topological polar surface area (TPSA) is 90.1 Å². The second-order valence-electron chi connectivity index (χ2n) is 4.86. The molecule has 0 unspecified atom stereocenters. The molecule has 1 amide bonds. The fourth-order valence-corrected chi connectivity index (χ4v) is 2.72.